The van der Waals surface area contributed by atoms with Crippen LogP contribution in [0.4, 0.5) is 0 Å². The van der Waals surface area contributed by atoms with E-state index in [4.69, 9.17) is 0 Å². The van der Waals surface area contributed by atoms with E-state index in [0.29, 0.717) is 0 Å². The molecule has 2 aromatic rings. The van der Waals surface area contributed by atoms with Crippen molar-refractivity contribution in [3.8, 4) is 0 Å². The van der Waals surface area contributed by atoms with E-state index in [9.17, 15) is 4.79 Å². The highest BCUT2D eigenvalue weighted by molar-refractivity contribution is 7.09. The summed E-state index contributed by atoms with van der Waals surface area (Å²) in [5.41, 5.74) is 1.45. The summed E-state index contributed by atoms with van der Waals surface area (Å²) in [4.78, 5) is 20.6. The molecule has 0 unspecified atom stereocenters. The predicted octanol–water partition coefficient (Wildman–Crippen LogP) is 3.30. The summed E-state index contributed by atoms with van der Waals surface area (Å²) >= 11 is 1.58. The van der Waals surface area contributed by atoms with Crippen LogP contribution in [0, 0.1) is 6.92 Å². The summed E-state index contributed by atoms with van der Waals surface area (Å²) in [7, 11) is 0. The van der Waals surface area contributed by atoms with Crippen LogP contribution >= 0.6 is 11.3 Å². The molecule has 4 nitrogen and oxygen atoms in total. The van der Waals surface area contributed by atoms with Gasteiger partial charge in [0.2, 0.25) is 5.91 Å². The number of nitrogens with one attached hydrogen (secondary N) is 1. The Bertz CT molecular complexity index is 636. The Morgan fingerprint density at radius 2 is 2.33 bits per heavy atom. The van der Waals surface area contributed by atoms with Gasteiger partial charge < -0.3 is 5.32 Å². The van der Waals surface area contributed by atoms with Gasteiger partial charge in [0, 0.05) is 29.5 Å². The van der Waals surface area contributed by atoms with E-state index in [1.54, 1.807) is 29.8 Å². The number of thiazole rings is 1. The number of aromatic nitrogens is 2. The van der Waals surface area contributed by atoms with Crippen LogP contribution < -0.4 is 5.32 Å². The molecule has 0 fully saturated rings. The smallest absolute Gasteiger partial charge is 0.244 e. The van der Waals surface area contributed by atoms with E-state index in [1.165, 1.54) is 6.08 Å². The monoisotopic (exact) mass is 301 g/mol. The predicted molar refractivity (Wildman–Crippen MR) is 85.9 cm³/mol. The van der Waals surface area contributed by atoms with Crippen LogP contribution in [0.3, 0.4) is 0 Å². The third-order valence-electron chi connectivity index (χ3n) is 3.31. The lowest BCUT2D eigenvalue weighted by Gasteiger charge is -2.26. The highest BCUT2D eigenvalue weighted by atomic mass is 32.1. The Balaban J connectivity index is 2.08. The summed E-state index contributed by atoms with van der Waals surface area (Å²) < 4.78 is 0. The molecule has 21 heavy (non-hydrogen) atoms. The molecule has 0 saturated carbocycles. The standard InChI is InChI=1S/C16H19N3OS/c1-4-16(3,15-18-12(2)11-21-15)19-14(20)8-7-13-6-5-9-17-10-13/h5-11H,4H2,1-3H3,(H,19,20)/b8-7+/t16-/m0/s1. The van der Waals surface area contributed by atoms with E-state index in [1.807, 2.05) is 38.3 Å². The number of nitrogens with zero attached hydrogens (tertiary/aromatic N) is 2. The summed E-state index contributed by atoms with van der Waals surface area (Å²) in [6.07, 6.45) is 7.49. The number of hydrogen-bond donors (Lipinski definition) is 1. The molecule has 2 rings (SSSR count). The van der Waals surface area contributed by atoms with Crippen molar-refractivity contribution in [3.05, 3.63) is 52.2 Å². The summed E-state index contributed by atoms with van der Waals surface area (Å²) in [6.45, 7) is 6.00. The van der Waals surface area contributed by atoms with Gasteiger partial charge in [0.05, 0.1) is 5.54 Å². The first kappa shape index (κ1) is 15.4. The average Bonchev–Trinajstić information content (AvgIpc) is 2.93. The Morgan fingerprint density at radius 3 is 2.90 bits per heavy atom. The van der Waals surface area contributed by atoms with Gasteiger partial charge in [-0.3, -0.25) is 9.78 Å². The zero-order valence-corrected chi connectivity index (χ0v) is 13.3. The molecular weight excluding hydrogens is 282 g/mol. The third kappa shape index (κ3) is 3.98. The van der Waals surface area contributed by atoms with Crippen LogP contribution in [-0.4, -0.2) is 15.9 Å². The fourth-order valence-corrected chi connectivity index (χ4v) is 2.85. The Hall–Kier alpha value is -2.01. The number of amides is 1. The number of carbonyl (C=O) groups is 1. The summed E-state index contributed by atoms with van der Waals surface area (Å²) in [5, 5.41) is 5.98. The second kappa shape index (κ2) is 6.63. The maximum absolute atomic E-state index is 12.1. The SMILES string of the molecule is CC[C@](C)(NC(=O)/C=C/c1cccnc1)c1nc(C)cs1. The highest BCUT2D eigenvalue weighted by Gasteiger charge is 2.28. The molecule has 1 amide bonds. The highest BCUT2D eigenvalue weighted by Crippen LogP contribution is 2.27. The van der Waals surface area contributed by atoms with Crippen molar-refractivity contribution in [1.82, 2.24) is 15.3 Å². The second-order valence-electron chi connectivity index (χ2n) is 5.09. The van der Waals surface area contributed by atoms with Gasteiger partial charge >= 0.3 is 0 Å². The minimum absolute atomic E-state index is 0.129. The van der Waals surface area contributed by atoms with Crippen molar-refractivity contribution < 1.29 is 4.79 Å². The van der Waals surface area contributed by atoms with E-state index in [-0.39, 0.29) is 5.91 Å². The number of rotatable bonds is 5. The zero-order valence-electron chi connectivity index (χ0n) is 12.5. The van der Waals surface area contributed by atoms with Gasteiger partial charge in [-0.15, -0.1) is 11.3 Å². The van der Waals surface area contributed by atoms with Crippen molar-refractivity contribution in [1.29, 1.82) is 0 Å². The average molecular weight is 301 g/mol. The van der Waals surface area contributed by atoms with Gasteiger partial charge in [0.1, 0.15) is 5.01 Å². The van der Waals surface area contributed by atoms with E-state index in [0.717, 1.165) is 22.7 Å². The molecule has 0 radical (unpaired) electrons. The molecule has 0 saturated heterocycles. The molecule has 1 N–H and O–H groups in total. The van der Waals surface area contributed by atoms with Crippen LogP contribution in [-0.2, 0) is 10.3 Å². The lowest BCUT2D eigenvalue weighted by atomic mass is 10.00. The molecular formula is C16H19N3OS. The van der Waals surface area contributed by atoms with Crippen LogP contribution in [0.2, 0.25) is 0 Å². The van der Waals surface area contributed by atoms with Crippen molar-refractivity contribution in [2.45, 2.75) is 32.7 Å². The van der Waals surface area contributed by atoms with Crippen LogP contribution in [0.15, 0.2) is 36.0 Å². The van der Waals surface area contributed by atoms with Gasteiger partial charge in [0.25, 0.3) is 0 Å². The molecule has 1 atom stereocenters. The molecule has 0 aliphatic heterocycles. The van der Waals surface area contributed by atoms with E-state index < -0.39 is 5.54 Å². The number of pyridine rings is 1. The number of carbonyl (C=O) groups excluding carboxylic acids is 1. The van der Waals surface area contributed by atoms with Gasteiger partial charge in [-0.25, -0.2) is 4.98 Å². The third-order valence-corrected chi connectivity index (χ3v) is 4.53. The zero-order chi connectivity index (χ0) is 15.3. The Morgan fingerprint density at radius 1 is 1.52 bits per heavy atom. The van der Waals surface area contributed by atoms with Gasteiger partial charge in [-0.1, -0.05) is 13.0 Å². The summed E-state index contributed by atoms with van der Waals surface area (Å²) in [5.74, 6) is -0.129. The van der Waals surface area contributed by atoms with Crippen LogP contribution in [0.1, 0.15) is 36.5 Å². The molecule has 0 aromatic carbocycles. The molecule has 110 valence electrons. The van der Waals surface area contributed by atoms with Crippen molar-refractivity contribution >= 4 is 23.3 Å². The lowest BCUT2D eigenvalue weighted by Crippen LogP contribution is -2.42. The summed E-state index contributed by atoms with van der Waals surface area (Å²) in [6, 6.07) is 3.74. The minimum atomic E-state index is -0.435. The molecule has 0 spiro atoms. The van der Waals surface area contributed by atoms with Crippen LogP contribution in [0.25, 0.3) is 6.08 Å². The van der Waals surface area contributed by atoms with E-state index >= 15 is 0 Å². The quantitative estimate of drug-likeness (QED) is 0.862. The van der Waals surface area contributed by atoms with Gasteiger partial charge in [-0.2, -0.15) is 0 Å². The van der Waals surface area contributed by atoms with Crippen LogP contribution in [0.5, 0.6) is 0 Å². The topological polar surface area (TPSA) is 54.9 Å². The number of aryl methyl sites for hydroxylation is 1. The minimum Gasteiger partial charge on any atom is -0.341 e. The lowest BCUT2D eigenvalue weighted by molar-refractivity contribution is -0.118. The maximum atomic E-state index is 12.1. The van der Waals surface area contributed by atoms with Crippen molar-refractivity contribution in [3.63, 3.8) is 0 Å². The molecule has 5 heteroatoms. The molecule has 0 bridgehead atoms. The first-order valence-corrected chi connectivity index (χ1v) is 7.74. The fourth-order valence-electron chi connectivity index (χ4n) is 1.86. The second-order valence-corrected chi connectivity index (χ2v) is 5.95. The molecule has 0 aliphatic rings. The largest absolute Gasteiger partial charge is 0.341 e. The normalized spacial score (nSPS) is 14.0. The fraction of sp³-hybridized carbons (Fsp3) is 0.312. The first-order chi connectivity index (χ1) is 10.0. The Kier molecular flexibility index (Phi) is 4.85. The number of hydrogen-bond acceptors (Lipinski definition) is 4. The molecule has 2 aromatic heterocycles. The Labute approximate surface area is 129 Å². The first-order valence-electron chi connectivity index (χ1n) is 6.86. The van der Waals surface area contributed by atoms with Crippen molar-refractivity contribution in [2.24, 2.45) is 0 Å². The van der Waals surface area contributed by atoms with Crippen molar-refractivity contribution in [2.75, 3.05) is 0 Å². The van der Waals surface area contributed by atoms with E-state index in [2.05, 4.69) is 15.3 Å². The maximum Gasteiger partial charge on any atom is 0.244 e. The van der Waals surface area contributed by atoms with Gasteiger partial charge in [0.15, 0.2) is 0 Å². The molecule has 0 aliphatic carbocycles. The van der Waals surface area contributed by atoms with Gasteiger partial charge in [-0.05, 0) is 38.0 Å². The molecule has 2 heterocycles.